The Morgan fingerprint density at radius 3 is 2.52 bits per heavy atom. The molecular formula is C13H19ClFN3O2S. The molecule has 0 saturated carbocycles. The number of hydrogen-bond donors (Lipinski definition) is 1. The zero-order chi connectivity index (χ0) is 15.8. The molecule has 8 heteroatoms. The molecule has 118 valence electrons. The zero-order valence-corrected chi connectivity index (χ0v) is 13.6. The third-order valence-corrected chi connectivity index (χ3v) is 6.29. The van der Waals surface area contributed by atoms with E-state index in [9.17, 15) is 12.8 Å². The molecule has 0 aliphatic carbocycles. The van der Waals surface area contributed by atoms with Gasteiger partial charge in [-0.3, -0.25) is 0 Å². The first kappa shape index (κ1) is 16.5. The Labute approximate surface area is 129 Å². The molecule has 1 aliphatic heterocycles. The Morgan fingerprint density at radius 1 is 1.38 bits per heavy atom. The molecule has 1 fully saturated rings. The van der Waals surface area contributed by atoms with Crippen LogP contribution < -0.4 is 5.73 Å². The van der Waals surface area contributed by atoms with Crippen LogP contribution in [0, 0.1) is 5.82 Å². The average molecular weight is 336 g/mol. The van der Waals surface area contributed by atoms with Gasteiger partial charge >= 0.3 is 0 Å². The minimum atomic E-state index is -3.79. The molecule has 1 aliphatic rings. The van der Waals surface area contributed by atoms with Gasteiger partial charge in [0, 0.05) is 13.1 Å². The van der Waals surface area contributed by atoms with Crippen molar-refractivity contribution in [3.05, 3.63) is 23.0 Å². The minimum absolute atomic E-state index is 0.0893. The molecule has 1 aromatic rings. The molecule has 1 heterocycles. The van der Waals surface area contributed by atoms with Gasteiger partial charge in [-0.05, 0) is 45.1 Å². The van der Waals surface area contributed by atoms with Crippen LogP contribution in [0.3, 0.4) is 0 Å². The normalized spacial score (nSPS) is 18.3. The summed E-state index contributed by atoms with van der Waals surface area (Å²) >= 11 is 5.88. The van der Waals surface area contributed by atoms with Gasteiger partial charge in [0.1, 0.15) is 10.7 Å². The van der Waals surface area contributed by atoms with E-state index < -0.39 is 15.8 Å². The van der Waals surface area contributed by atoms with Gasteiger partial charge in [-0.25, -0.2) is 12.8 Å². The molecule has 0 bridgehead atoms. The average Bonchev–Trinajstić information content (AvgIpc) is 2.42. The number of piperidine rings is 1. The molecule has 0 atom stereocenters. The van der Waals surface area contributed by atoms with E-state index in [4.69, 9.17) is 17.3 Å². The maximum absolute atomic E-state index is 13.3. The number of halogens is 2. The van der Waals surface area contributed by atoms with Gasteiger partial charge in [0.05, 0.1) is 10.7 Å². The third kappa shape index (κ3) is 3.31. The van der Waals surface area contributed by atoms with Gasteiger partial charge in [0.2, 0.25) is 10.0 Å². The van der Waals surface area contributed by atoms with E-state index in [0.29, 0.717) is 0 Å². The van der Waals surface area contributed by atoms with E-state index in [0.717, 1.165) is 38.1 Å². The number of likely N-dealkylation sites (tertiary alicyclic amines) is 1. The first-order chi connectivity index (χ1) is 9.73. The topological polar surface area (TPSA) is 66.6 Å². The van der Waals surface area contributed by atoms with Gasteiger partial charge in [-0.1, -0.05) is 11.6 Å². The van der Waals surface area contributed by atoms with Gasteiger partial charge < -0.3 is 10.6 Å². The van der Waals surface area contributed by atoms with Crippen LogP contribution in [0.15, 0.2) is 17.0 Å². The van der Waals surface area contributed by atoms with Crippen molar-refractivity contribution in [3.63, 3.8) is 0 Å². The van der Waals surface area contributed by atoms with Crippen LogP contribution in [0.25, 0.3) is 0 Å². The minimum Gasteiger partial charge on any atom is -0.396 e. The fourth-order valence-corrected chi connectivity index (χ4v) is 4.39. The van der Waals surface area contributed by atoms with Crippen molar-refractivity contribution >= 4 is 27.3 Å². The van der Waals surface area contributed by atoms with Gasteiger partial charge in [-0.15, -0.1) is 0 Å². The van der Waals surface area contributed by atoms with Crippen LogP contribution in [0.2, 0.25) is 5.02 Å². The highest BCUT2D eigenvalue weighted by atomic mass is 35.5. The monoisotopic (exact) mass is 335 g/mol. The Balaban J connectivity index is 2.31. The number of rotatable bonds is 3. The molecule has 1 aromatic carbocycles. The lowest BCUT2D eigenvalue weighted by atomic mass is 10.1. The SMILES string of the molecule is CN1CCC(N(C)S(=O)(=O)c2cc(N)c(F)cc2Cl)CC1. The van der Waals surface area contributed by atoms with E-state index in [2.05, 4.69) is 4.90 Å². The van der Waals surface area contributed by atoms with Crippen LogP contribution >= 0.6 is 11.6 Å². The molecule has 0 amide bonds. The van der Waals surface area contributed by atoms with Crippen molar-refractivity contribution in [1.82, 2.24) is 9.21 Å². The number of nitrogen functional groups attached to an aromatic ring is 1. The van der Waals surface area contributed by atoms with Crippen molar-refractivity contribution in [2.24, 2.45) is 0 Å². The van der Waals surface area contributed by atoms with Gasteiger partial charge in [0.15, 0.2) is 0 Å². The van der Waals surface area contributed by atoms with Crippen molar-refractivity contribution in [2.45, 2.75) is 23.8 Å². The summed E-state index contributed by atoms with van der Waals surface area (Å²) in [5, 5.41) is -0.151. The van der Waals surface area contributed by atoms with Crippen LogP contribution in [0.5, 0.6) is 0 Å². The molecule has 0 unspecified atom stereocenters. The van der Waals surface area contributed by atoms with E-state index in [-0.39, 0.29) is 21.6 Å². The summed E-state index contributed by atoms with van der Waals surface area (Å²) in [4.78, 5) is 2.00. The first-order valence-electron chi connectivity index (χ1n) is 6.64. The lowest BCUT2D eigenvalue weighted by molar-refractivity contribution is 0.197. The fraction of sp³-hybridized carbons (Fsp3) is 0.538. The van der Waals surface area contributed by atoms with E-state index >= 15 is 0 Å². The Hall–Kier alpha value is -0.890. The lowest BCUT2D eigenvalue weighted by Gasteiger charge is -2.34. The number of benzene rings is 1. The lowest BCUT2D eigenvalue weighted by Crippen LogP contribution is -2.44. The highest BCUT2D eigenvalue weighted by molar-refractivity contribution is 7.89. The van der Waals surface area contributed by atoms with Gasteiger partial charge in [0.25, 0.3) is 0 Å². The number of hydrogen-bond acceptors (Lipinski definition) is 4. The molecule has 0 radical (unpaired) electrons. The molecule has 0 aromatic heterocycles. The second kappa shape index (κ2) is 6.08. The Morgan fingerprint density at radius 2 is 1.95 bits per heavy atom. The van der Waals surface area contributed by atoms with Crippen LogP contribution in [-0.4, -0.2) is 50.8 Å². The molecule has 0 spiro atoms. The van der Waals surface area contributed by atoms with Crippen molar-refractivity contribution < 1.29 is 12.8 Å². The van der Waals surface area contributed by atoms with Crippen LogP contribution in [0.1, 0.15) is 12.8 Å². The standard InChI is InChI=1S/C13H19ClFN3O2S/c1-17-5-3-9(4-6-17)18(2)21(19,20)13-8-12(16)11(15)7-10(13)14/h7-9H,3-6,16H2,1-2H3. The summed E-state index contributed by atoms with van der Waals surface area (Å²) < 4.78 is 39.9. The maximum Gasteiger partial charge on any atom is 0.244 e. The van der Waals surface area contributed by atoms with E-state index in [1.807, 2.05) is 7.05 Å². The molecule has 2 N–H and O–H groups in total. The van der Waals surface area contributed by atoms with Crippen LogP contribution in [-0.2, 0) is 10.0 Å². The largest absolute Gasteiger partial charge is 0.396 e. The van der Waals surface area contributed by atoms with Crippen molar-refractivity contribution in [1.29, 1.82) is 0 Å². The molecule has 21 heavy (non-hydrogen) atoms. The summed E-state index contributed by atoms with van der Waals surface area (Å²) in [6, 6.07) is 1.93. The second-order valence-electron chi connectivity index (χ2n) is 5.36. The number of sulfonamides is 1. The highest BCUT2D eigenvalue weighted by Crippen LogP contribution is 2.30. The fourth-order valence-electron chi connectivity index (χ4n) is 2.45. The number of anilines is 1. The van der Waals surface area contributed by atoms with E-state index in [1.54, 1.807) is 0 Å². The smallest absolute Gasteiger partial charge is 0.244 e. The first-order valence-corrected chi connectivity index (χ1v) is 8.46. The second-order valence-corrected chi connectivity index (χ2v) is 7.73. The predicted octanol–water partition coefficient (Wildman–Crippen LogP) is 1.78. The summed E-state index contributed by atoms with van der Waals surface area (Å²) in [6.45, 7) is 1.67. The molecule has 1 saturated heterocycles. The summed E-state index contributed by atoms with van der Waals surface area (Å²) in [5.41, 5.74) is 5.23. The Bertz CT molecular complexity index is 631. The van der Waals surface area contributed by atoms with Crippen molar-refractivity contribution in [3.8, 4) is 0 Å². The molecule has 2 rings (SSSR count). The van der Waals surface area contributed by atoms with Gasteiger partial charge in [-0.2, -0.15) is 4.31 Å². The molecular weight excluding hydrogens is 317 g/mol. The third-order valence-electron chi connectivity index (χ3n) is 3.91. The molecule has 5 nitrogen and oxygen atoms in total. The van der Waals surface area contributed by atoms with Crippen molar-refractivity contribution in [2.75, 3.05) is 32.9 Å². The number of nitrogens with two attached hydrogens (primary N) is 1. The van der Waals surface area contributed by atoms with Crippen LogP contribution in [0.4, 0.5) is 10.1 Å². The summed E-state index contributed by atoms with van der Waals surface area (Å²) in [5.74, 6) is -0.721. The summed E-state index contributed by atoms with van der Waals surface area (Å²) in [6.07, 6.45) is 1.50. The zero-order valence-electron chi connectivity index (χ0n) is 12.0. The van der Waals surface area contributed by atoms with E-state index in [1.165, 1.54) is 11.4 Å². The quantitative estimate of drug-likeness (QED) is 0.855. The maximum atomic E-state index is 13.3. The summed E-state index contributed by atoms with van der Waals surface area (Å²) in [7, 11) is -0.259. The highest BCUT2D eigenvalue weighted by Gasteiger charge is 2.32. The predicted molar refractivity (Wildman–Crippen MR) is 81.3 cm³/mol. The Kier molecular flexibility index (Phi) is 4.77. The number of nitrogens with zero attached hydrogens (tertiary/aromatic N) is 2.